The number of rotatable bonds is 3. The molecule has 0 spiro atoms. The predicted octanol–water partition coefficient (Wildman–Crippen LogP) is 1.98. The highest BCUT2D eigenvalue weighted by atomic mass is 16.5. The van der Waals surface area contributed by atoms with E-state index < -0.39 is 0 Å². The van der Waals surface area contributed by atoms with Crippen LogP contribution < -0.4 is 10.4 Å². The highest BCUT2D eigenvalue weighted by molar-refractivity contribution is 5.62. The van der Waals surface area contributed by atoms with Gasteiger partial charge in [0, 0.05) is 18.0 Å². The van der Waals surface area contributed by atoms with Gasteiger partial charge in [0.25, 0.3) is 0 Å². The zero-order chi connectivity index (χ0) is 11.7. The van der Waals surface area contributed by atoms with E-state index in [1.807, 2.05) is 24.3 Å². The fourth-order valence-corrected chi connectivity index (χ4v) is 1.60. The van der Waals surface area contributed by atoms with Crippen LogP contribution in [0, 0.1) is 0 Å². The van der Waals surface area contributed by atoms with Crippen LogP contribution in [0.4, 0.5) is 0 Å². The highest BCUT2D eigenvalue weighted by Gasteiger charge is 2.23. The summed E-state index contributed by atoms with van der Waals surface area (Å²) in [5.74, 6) is 0.897. The molecule has 17 heavy (non-hydrogen) atoms. The number of nitrogens with one attached hydrogen (secondary N) is 1. The van der Waals surface area contributed by atoms with Gasteiger partial charge in [-0.3, -0.25) is 0 Å². The van der Waals surface area contributed by atoms with E-state index in [2.05, 4.69) is 9.97 Å². The van der Waals surface area contributed by atoms with E-state index in [0.29, 0.717) is 6.10 Å². The van der Waals surface area contributed by atoms with Crippen LogP contribution in [-0.4, -0.2) is 16.1 Å². The van der Waals surface area contributed by atoms with Gasteiger partial charge in [0.2, 0.25) is 0 Å². The molecule has 4 heteroatoms. The Bertz CT molecular complexity index is 550. The van der Waals surface area contributed by atoms with Gasteiger partial charge in [0.1, 0.15) is 5.75 Å². The molecule has 0 saturated heterocycles. The standard InChI is InChI=1S/C13H12N2O2/c16-13-14-7-10(8-15-13)9-1-3-11(4-2-9)17-12-5-6-12/h1-4,7-8,12H,5-6H2,(H,14,15,16). The Kier molecular flexibility index (Phi) is 2.40. The lowest BCUT2D eigenvalue weighted by molar-refractivity contribution is 0.303. The molecule has 1 N–H and O–H groups in total. The topological polar surface area (TPSA) is 55.0 Å². The van der Waals surface area contributed by atoms with Crippen molar-refractivity contribution in [3.05, 3.63) is 47.1 Å². The Hall–Kier alpha value is -2.10. The molecule has 0 radical (unpaired) electrons. The summed E-state index contributed by atoms with van der Waals surface area (Å²) in [6, 6.07) is 7.82. The molecule has 1 aromatic heterocycles. The maximum absolute atomic E-state index is 10.8. The molecule has 3 rings (SSSR count). The second kappa shape index (κ2) is 4.05. The molecule has 1 aliphatic carbocycles. The van der Waals surface area contributed by atoms with E-state index in [1.54, 1.807) is 12.4 Å². The fraction of sp³-hybridized carbons (Fsp3) is 0.231. The van der Waals surface area contributed by atoms with Gasteiger partial charge < -0.3 is 9.72 Å². The zero-order valence-corrected chi connectivity index (χ0v) is 9.22. The van der Waals surface area contributed by atoms with Crippen molar-refractivity contribution < 1.29 is 4.74 Å². The van der Waals surface area contributed by atoms with Gasteiger partial charge in [0.05, 0.1) is 6.10 Å². The molecule has 1 aliphatic rings. The Morgan fingerprint density at radius 3 is 2.53 bits per heavy atom. The molecular formula is C13H12N2O2. The molecule has 0 unspecified atom stereocenters. The number of aromatic amines is 1. The summed E-state index contributed by atoms with van der Waals surface area (Å²) in [7, 11) is 0. The van der Waals surface area contributed by atoms with Gasteiger partial charge in [-0.2, -0.15) is 0 Å². The summed E-state index contributed by atoms with van der Waals surface area (Å²) < 4.78 is 5.66. The monoisotopic (exact) mass is 228 g/mol. The van der Waals surface area contributed by atoms with Crippen LogP contribution in [0.5, 0.6) is 5.75 Å². The summed E-state index contributed by atoms with van der Waals surface area (Å²) in [6.07, 6.45) is 5.95. The third kappa shape index (κ3) is 2.36. The molecule has 0 amide bonds. The number of H-pyrrole nitrogens is 1. The average Bonchev–Trinajstić information content (AvgIpc) is 3.15. The second-order valence-corrected chi connectivity index (χ2v) is 4.15. The van der Waals surface area contributed by atoms with Crippen LogP contribution in [0.2, 0.25) is 0 Å². The lowest BCUT2D eigenvalue weighted by atomic mass is 10.1. The lowest BCUT2D eigenvalue weighted by Gasteiger charge is -2.05. The van der Waals surface area contributed by atoms with Crippen LogP contribution in [0.15, 0.2) is 41.5 Å². The number of hydrogen-bond acceptors (Lipinski definition) is 3. The number of benzene rings is 1. The van der Waals surface area contributed by atoms with Gasteiger partial charge in [-0.15, -0.1) is 0 Å². The second-order valence-electron chi connectivity index (χ2n) is 4.15. The Morgan fingerprint density at radius 2 is 1.94 bits per heavy atom. The molecule has 1 fully saturated rings. The van der Waals surface area contributed by atoms with Crippen molar-refractivity contribution >= 4 is 0 Å². The molecule has 1 aromatic carbocycles. The molecule has 1 saturated carbocycles. The van der Waals surface area contributed by atoms with E-state index in [0.717, 1.165) is 29.7 Å². The number of hydrogen-bond donors (Lipinski definition) is 1. The largest absolute Gasteiger partial charge is 0.490 e. The van der Waals surface area contributed by atoms with Crippen molar-refractivity contribution in [2.75, 3.05) is 0 Å². The number of nitrogens with zero attached hydrogens (tertiary/aromatic N) is 1. The van der Waals surface area contributed by atoms with Crippen molar-refractivity contribution in [1.29, 1.82) is 0 Å². The minimum atomic E-state index is -0.331. The van der Waals surface area contributed by atoms with Crippen LogP contribution >= 0.6 is 0 Å². The fourth-order valence-electron chi connectivity index (χ4n) is 1.60. The first-order valence-corrected chi connectivity index (χ1v) is 5.63. The SMILES string of the molecule is O=c1ncc(-c2ccc(OC3CC3)cc2)c[nH]1. The summed E-state index contributed by atoms with van der Waals surface area (Å²) in [4.78, 5) is 17.1. The van der Waals surface area contributed by atoms with Crippen molar-refractivity contribution in [3.63, 3.8) is 0 Å². The van der Waals surface area contributed by atoms with Gasteiger partial charge in [0.15, 0.2) is 0 Å². The Labute approximate surface area is 98.3 Å². The molecule has 0 bridgehead atoms. The maximum Gasteiger partial charge on any atom is 0.344 e. The van der Waals surface area contributed by atoms with Crippen LogP contribution in [0.25, 0.3) is 11.1 Å². The summed E-state index contributed by atoms with van der Waals surface area (Å²) in [5, 5.41) is 0. The molecule has 4 nitrogen and oxygen atoms in total. The summed E-state index contributed by atoms with van der Waals surface area (Å²) >= 11 is 0. The summed E-state index contributed by atoms with van der Waals surface area (Å²) in [6.45, 7) is 0. The minimum absolute atomic E-state index is 0.331. The third-order valence-electron chi connectivity index (χ3n) is 2.69. The Balaban J connectivity index is 1.83. The molecule has 86 valence electrons. The van der Waals surface area contributed by atoms with E-state index in [4.69, 9.17) is 4.74 Å². The Morgan fingerprint density at radius 1 is 1.18 bits per heavy atom. The van der Waals surface area contributed by atoms with Crippen LogP contribution in [0.1, 0.15) is 12.8 Å². The van der Waals surface area contributed by atoms with Crippen molar-refractivity contribution in [2.45, 2.75) is 18.9 Å². The van der Waals surface area contributed by atoms with Gasteiger partial charge in [-0.25, -0.2) is 9.78 Å². The van der Waals surface area contributed by atoms with Crippen molar-refractivity contribution in [1.82, 2.24) is 9.97 Å². The highest BCUT2D eigenvalue weighted by Crippen LogP contribution is 2.28. The van der Waals surface area contributed by atoms with Crippen molar-refractivity contribution in [2.24, 2.45) is 0 Å². The van der Waals surface area contributed by atoms with Gasteiger partial charge in [-0.05, 0) is 30.5 Å². The third-order valence-corrected chi connectivity index (χ3v) is 2.69. The predicted molar refractivity (Wildman–Crippen MR) is 63.9 cm³/mol. The first-order chi connectivity index (χ1) is 8.31. The molecular weight excluding hydrogens is 216 g/mol. The first kappa shape index (κ1) is 10.1. The average molecular weight is 228 g/mol. The van der Waals surface area contributed by atoms with E-state index in [1.165, 1.54) is 0 Å². The van der Waals surface area contributed by atoms with E-state index >= 15 is 0 Å². The molecule has 2 aromatic rings. The van der Waals surface area contributed by atoms with Gasteiger partial charge >= 0.3 is 5.69 Å². The molecule has 1 heterocycles. The maximum atomic E-state index is 10.8. The smallest absolute Gasteiger partial charge is 0.344 e. The van der Waals surface area contributed by atoms with Crippen LogP contribution in [0.3, 0.4) is 0 Å². The normalized spacial score (nSPS) is 14.6. The number of aromatic nitrogens is 2. The van der Waals surface area contributed by atoms with Gasteiger partial charge in [-0.1, -0.05) is 12.1 Å². The summed E-state index contributed by atoms with van der Waals surface area (Å²) in [5.41, 5.74) is 1.57. The van der Waals surface area contributed by atoms with Crippen LogP contribution in [-0.2, 0) is 0 Å². The van der Waals surface area contributed by atoms with E-state index in [-0.39, 0.29) is 5.69 Å². The molecule has 0 aliphatic heterocycles. The first-order valence-electron chi connectivity index (χ1n) is 5.63. The lowest BCUT2D eigenvalue weighted by Crippen LogP contribution is -2.07. The zero-order valence-electron chi connectivity index (χ0n) is 9.22. The number of ether oxygens (including phenoxy) is 1. The van der Waals surface area contributed by atoms with E-state index in [9.17, 15) is 4.79 Å². The quantitative estimate of drug-likeness (QED) is 0.873. The molecule has 0 atom stereocenters. The minimum Gasteiger partial charge on any atom is -0.490 e. The van der Waals surface area contributed by atoms with Crippen molar-refractivity contribution in [3.8, 4) is 16.9 Å².